The first-order valence-corrected chi connectivity index (χ1v) is 6.58. The first-order valence-electron chi connectivity index (χ1n) is 6.58. The van der Waals surface area contributed by atoms with Crippen molar-refractivity contribution < 1.29 is 4.79 Å². The van der Waals surface area contributed by atoms with E-state index in [1.807, 2.05) is 6.07 Å². The van der Waals surface area contributed by atoms with Crippen molar-refractivity contribution in [1.29, 1.82) is 5.26 Å². The average Bonchev–Trinajstić information content (AvgIpc) is 2.33. The van der Waals surface area contributed by atoms with Gasteiger partial charge in [-0.1, -0.05) is 39.0 Å². The Morgan fingerprint density at radius 2 is 2.05 bits per heavy atom. The molecule has 0 radical (unpaired) electrons. The van der Waals surface area contributed by atoms with E-state index in [-0.39, 0.29) is 24.2 Å². The second-order valence-electron chi connectivity index (χ2n) is 5.83. The number of nitrogens with one attached hydrogen (secondary N) is 1. The van der Waals surface area contributed by atoms with Gasteiger partial charge >= 0.3 is 0 Å². The van der Waals surface area contributed by atoms with Gasteiger partial charge in [-0.3, -0.25) is 4.79 Å². The van der Waals surface area contributed by atoms with Gasteiger partial charge in [-0.2, -0.15) is 5.26 Å². The molecule has 1 rings (SSSR count). The lowest BCUT2D eigenvalue weighted by atomic mass is 9.85. The summed E-state index contributed by atoms with van der Waals surface area (Å²) in [6.45, 7) is 9.15. The predicted molar refractivity (Wildman–Crippen MR) is 76.6 cm³/mol. The molecule has 0 spiro atoms. The third-order valence-electron chi connectivity index (χ3n) is 3.15. The number of hydrogen-bond donors (Lipinski definition) is 1. The fraction of sp³-hybridized carbons (Fsp3) is 0.500. The fourth-order valence-electron chi connectivity index (χ4n) is 1.81. The molecule has 0 heterocycles. The highest BCUT2D eigenvalue weighted by Crippen LogP contribution is 2.24. The topological polar surface area (TPSA) is 52.9 Å². The second-order valence-corrected chi connectivity index (χ2v) is 5.83. The Bertz CT molecular complexity index is 492. The maximum Gasteiger partial charge on any atom is 0.221 e. The van der Waals surface area contributed by atoms with Crippen molar-refractivity contribution in [2.24, 2.45) is 0 Å². The molecule has 3 nitrogen and oxygen atoms in total. The zero-order valence-corrected chi connectivity index (χ0v) is 12.2. The van der Waals surface area contributed by atoms with Gasteiger partial charge in [0.2, 0.25) is 5.91 Å². The van der Waals surface area contributed by atoms with Crippen molar-refractivity contribution in [2.75, 3.05) is 0 Å². The second kappa shape index (κ2) is 6.38. The summed E-state index contributed by atoms with van der Waals surface area (Å²) in [5.74, 6) is -0.0687. The van der Waals surface area contributed by atoms with Crippen LogP contribution in [0.4, 0.5) is 0 Å². The van der Waals surface area contributed by atoms with Crippen molar-refractivity contribution in [3.8, 4) is 6.07 Å². The van der Waals surface area contributed by atoms with Crippen LogP contribution in [0, 0.1) is 18.3 Å². The summed E-state index contributed by atoms with van der Waals surface area (Å²) >= 11 is 0. The number of aryl methyl sites for hydroxylation is 1. The van der Waals surface area contributed by atoms with E-state index in [1.165, 1.54) is 11.1 Å². The van der Waals surface area contributed by atoms with Crippen LogP contribution in [0.15, 0.2) is 18.2 Å². The smallest absolute Gasteiger partial charge is 0.221 e. The molecule has 0 atom stereocenters. The number of nitriles is 1. The molecule has 1 amide bonds. The van der Waals surface area contributed by atoms with Crippen molar-refractivity contribution in [3.63, 3.8) is 0 Å². The maximum atomic E-state index is 11.5. The predicted octanol–water partition coefficient (Wildman–Crippen LogP) is 3.21. The number of carbonyl (C=O) groups is 1. The number of nitrogens with zero attached hydrogens (tertiary/aromatic N) is 1. The maximum absolute atomic E-state index is 11.5. The summed E-state index contributed by atoms with van der Waals surface area (Å²) in [5, 5.41) is 11.3. The van der Waals surface area contributed by atoms with Crippen molar-refractivity contribution >= 4 is 5.91 Å². The molecule has 0 aliphatic heterocycles. The van der Waals surface area contributed by atoms with E-state index < -0.39 is 0 Å². The number of hydrogen-bond acceptors (Lipinski definition) is 2. The van der Waals surface area contributed by atoms with Gasteiger partial charge in [0.1, 0.15) is 0 Å². The lowest BCUT2D eigenvalue weighted by Gasteiger charge is -2.20. The molecule has 1 aromatic rings. The quantitative estimate of drug-likeness (QED) is 0.901. The van der Waals surface area contributed by atoms with Crippen molar-refractivity contribution in [1.82, 2.24) is 5.32 Å². The zero-order valence-electron chi connectivity index (χ0n) is 12.2. The molecule has 102 valence electrons. The Labute approximate surface area is 115 Å². The summed E-state index contributed by atoms with van der Waals surface area (Å²) in [6, 6.07) is 8.33. The van der Waals surface area contributed by atoms with E-state index in [0.29, 0.717) is 6.54 Å². The lowest BCUT2D eigenvalue weighted by molar-refractivity contribution is -0.121. The molecule has 0 unspecified atom stereocenters. The van der Waals surface area contributed by atoms with Gasteiger partial charge in [-0.25, -0.2) is 0 Å². The van der Waals surface area contributed by atoms with Crippen LogP contribution in [-0.4, -0.2) is 5.91 Å². The Kier molecular flexibility index (Phi) is 5.11. The molecule has 19 heavy (non-hydrogen) atoms. The van der Waals surface area contributed by atoms with E-state index in [4.69, 9.17) is 5.26 Å². The highest BCUT2D eigenvalue weighted by atomic mass is 16.1. The number of carbonyl (C=O) groups excluding carboxylic acids is 1. The van der Waals surface area contributed by atoms with Crippen LogP contribution in [0.1, 0.15) is 50.3 Å². The summed E-state index contributed by atoms with van der Waals surface area (Å²) in [7, 11) is 0. The van der Waals surface area contributed by atoms with Crippen molar-refractivity contribution in [2.45, 2.75) is 52.5 Å². The van der Waals surface area contributed by atoms with Gasteiger partial charge < -0.3 is 5.32 Å². The van der Waals surface area contributed by atoms with Gasteiger partial charge in [-0.05, 0) is 29.0 Å². The molecule has 1 N–H and O–H groups in total. The van der Waals surface area contributed by atoms with E-state index in [0.717, 1.165) is 5.56 Å². The fourth-order valence-corrected chi connectivity index (χ4v) is 1.81. The van der Waals surface area contributed by atoms with Gasteiger partial charge in [0, 0.05) is 19.4 Å². The molecule has 1 aromatic carbocycles. The highest BCUT2D eigenvalue weighted by Gasteiger charge is 2.14. The Hall–Kier alpha value is -1.82. The highest BCUT2D eigenvalue weighted by molar-refractivity contribution is 5.76. The van der Waals surface area contributed by atoms with E-state index in [1.54, 1.807) is 0 Å². The summed E-state index contributed by atoms with van der Waals surface area (Å²) in [6.07, 6.45) is 0.545. The van der Waals surface area contributed by atoms with Crippen LogP contribution in [0.5, 0.6) is 0 Å². The van der Waals surface area contributed by atoms with Crippen molar-refractivity contribution in [3.05, 3.63) is 34.9 Å². The standard InChI is InChI=1S/C16H22N2O/c1-12-10-14(16(2,3)4)8-7-13(12)11-18-15(19)6-5-9-17/h7-8,10H,5-6,11H2,1-4H3,(H,18,19). The van der Waals surface area contributed by atoms with Gasteiger partial charge in [0.05, 0.1) is 6.07 Å². The zero-order chi connectivity index (χ0) is 14.5. The number of amides is 1. The van der Waals surface area contributed by atoms with E-state index in [2.05, 4.69) is 51.2 Å². The van der Waals surface area contributed by atoms with E-state index in [9.17, 15) is 4.79 Å². The Morgan fingerprint density at radius 3 is 2.58 bits per heavy atom. The summed E-state index contributed by atoms with van der Waals surface area (Å²) in [4.78, 5) is 11.5. The SMILES string of the molecule is Cc1cc(C(C)(C)C)ccc1CNC(=O)CCC#N. The van der Waals surface area contributed by atoms with Crippen LogP contribution in [0.3, 0.4) is 0 Å². The molecule has 0 saturated carbocycles. The minimum absolute atomic E-state index is 0.0687. The molecule has 0 aliphatic rings. The van der Waals surface area contributed by atoms with Gasteiger partial charge in [0.25, 0.3) is 0 Å². The molecule has 3 heteroatoms. The van der Waals surface area contributed by atoms with Gasteiger partial charge in [-0.15, -0.1) is 0 Å². The Morgan fingerprint density at radius 1 is 1.37 bits per heavy atom. The molecule has 0 aromatic heterocycles. The summed E-state index contributed by atoms with van der Waals surface area (Å²) in [5.41, 5.74) is 3.75. The normalized spacial score (nSPS) is 10.9. The summed E-state index contributed by atoms with van der Waals surface area (Å²) < 4.78 is 0. The van der Waals surface area contributed by atoms with Crippen LogP contribution in [0.2, 0.25) is 0 Å². The molecule has 0 fully saturated rings. The van der Waals surface area contributed by atoms with Crippen LogP contribution in [0.25, 0.3) is 0 Å². The van der Waals surface area contributed by atoms with Crippen LogP contribution >= 0.6 is 0 Å². The largest absolute Gasteiger partial charge is 0.352 e. The third kappa shape index (κ3) is 4.75. The number of rotatable bonds is 4. The molecule has 0 aliphatic carbocycles. The minimum Gasteiger partial charge on any atom is -0.352 e. The first-order chi connectivity index (χ1) is 8.84. The average molecular weight is 258 g/mol. The monoisotopic (exact) mass is 258 g/mol. The van der Waals surface area contributed by atoms with E-state index >= 15 is 0 Å². The molecular formula is C16H22N2O. The first kappa shape index (κ1) is 15.2. The van der Waals surface area contributed by atoms with Crippen LogP contribution < -0.4 is 5.32 Å². The lowest BCUT2D eigenvalue weighted by Crippen LogP contribution is -2.23. The third-order valence-corrected chi connectivity index (χ3v) is 3.15. The number of benzene rings is 1. The molecule has 0 bridgehead atoms. The minimum atomic E-state index is -0.0687. The van der Waals surface area contributed by atoms with Crippen LogP contribution in [-0.2, 0) is 16.8 Å². The van der Waals surface area contributed by atoms with Gasteiger partial charge in [0.15, 0.2) is 0 Å². The molecule has 0 saturated heterocycles. The Balaban J connectivity index is 2.66. The molecular weight excluding hydrogens is 236 g/mol.